The molecule has 4 heteroatoms. The van der Waals surface area contributed by atoms with Crippen LogP contribution in [-0.4, -0.2) is 11.0 Å². The Hall–Kier alpha value is -1.52. The Morgan fingerprint density at radius 1 is 1.13 bits per heavy atom. The molecule has 0 aromatic heterocycles. The molecule has 0 amide bonds. The van der Waals surface area contributed by atoms with Crippen molar-refractivity contribution in [1.29, 1.82) is 5.26 Å². The van der Waals surface area contributed by atoms with Crippen LogP contribution in [0, 0.1) is 11.3 Å². The fourth-order valence-electron chi connectivity index (χ4n) is 1.27. The molecule has 0 saturated heterocycles. The van der Waals surface area contributed by atoms with Gasteiger partial charge in [0.25, 0.3) is 0 Å². The Balaban J connectivity index is 3.09. The Labute approximate surface area is 89.5 Å². The number of carbonyl (C=O) groups is 2. The molecule has 0 saturated carbocycles. The minimum atomic E-state index is -1.38. The molecule has 1 aromatic rings. The standard InChI is InChI=1S/C11H10NO2P/c1-8(13)15(9(2)14)11-5-3-10(7-12)4-6-11/h3-6H,1-2H3. The summed E-state index contributed by atoms with van der Waals surface area (Å²) >= 11 is 0. The highest BCUT2D eigenvalue weighted by Gasteiger charge is 2.20. The van der Waals surface area contributed by atoms with Gasteiger partial charge < -0.3 is 0 Å². The lowest BCUT2D eigenvalue weighted by atomic mass is 10.2. The van der Waals surface area contributed by atoms with Gasteiger partial charge in [0.05, 0.1) is 19.6 Å². The first-order chi connectivity index (χ1) is 7.06. The van der Waals surface area contributed by atoms with E-state index in [9.17, 15) is 9.59 Å². The van der Waals surface area contributed by atoms with E-state index in [1.165, 1.54) is 13.8 Å². The van der Waals surface area contributed by atoms with E-state index in [1.54, 1.807) is 24.3 Å². The summed E-state index contributed by atoms with van der Waals surface area (Å²) < 4.78 is 0. The highest BCUT2D eigenvalue weighted by atomic mass is 31.1. The first kappa shape index (κ1) is 11.6. The molecule has 15 heavy (non-hydrogen) atoms. The van der Waals surface area contributed by atoms with Crippen LogP contribution in [-0.2, 0) is 9.59 Å². The summed E-state index contributed by atoms with van der Waals surface area (Å²) in [5.74, 6) is 0. The third-order valence-electron chi connectivity index (χ3n) is 1.88. The summed E-state index contributed by atoms with van der Waals surface area (Å²) in [6.45, 7) is 2.84. The molecule has 0 radical (unpaired) electrons. The fourth-order valence-corrected chi connectivity index (χ4v) is 2.89. The van der Waals surface area contributed by atoms with Gasteiger partial charge in [-0.15, -0.1) is 0 Å². The predicted molar refractivity (Wildman–Crippen MR) is 59.1 cm³/mol. The molecule has 3 nitrogen and oxygen atoms in total. The second-order valence-electron chi connectivity index (χ2n) is 3.03. The largest absolute Gasteiger partial charge is 0.294 e. The molecule has 0 aliphatic heterocycles. The summed E-state index contributed by atoms with van der Waals surface area (Å²) in [4.78, 5) is 22.6. The Morgan fingerprint density at radius 3 is 1.93 bits per heavy atom. The van der Waals surface area contributed by atoms with Gasteiger partial charge in [0.15, 0.2) is 11.0 Å². The maximum Gasteiger partial charge on any atom is 0.163 e. The molecule has 0 aliphatic carbocycles. The molecule has 1 rings (SSSR count). The van der Waals surface area contributed by atoms with Crippen molar-refractivity contribution in [3.8, 4) is 6.07 Å². The first-order valence-corrected chi connectivity index (χ1v) is 5.72. The van der Waals surface area contributed by atoms with Crippen LogP contribution >= 0.6 is 7.92 Å². The number of rotatable bonds is 3. The topological polar surface area (TPSA) is 57.9 Å². The van der Waals surface area contributed by atoms with Gasteiger partial charge in [-0.25, -0.2) is 0 Å². The third kappa shape index (κ3) is 2.71. The lowest BCUT2D eigenvalue weighted by Crippen LogP contribution is -2.11. The lowest BCUT2D eigenvalue weighted by Gasteiger charge is -2.09. The molecule has 76 valence electrons. The van der Waals surface area contributed by atoms with Crippen LogP contribution in [0.2, 0.25) is 0 Å². The molecule has 0 heterocycles. The first-order valence-electron chi connectivity index (χ1n) is 4.37. The van der Waals surface area contributed by atoms with Crippen LogP contribution in [0.25, 0.3) is 0 Å². The SMILES string of the molecule is CC(=O)P(C(C)=O)c1ccc(C#N)cc1. The van der Waals surface area contributed by atoms with E-state index in [4.69, 9.17) is 5.26 Å². The molecule has 0 fully saturated rings. The summed E-state index contributed by atoms with van der Waals surface area (Å²) in [6.07, 6.45) is 0. The summed E-state index contributed by atoms with van der Waals surface area (Å²) in [7, 11) is -1.38. The Kier molecular flexibility index (Phi) is 3.71. The zero-order valence-corrected chi connectivity index (χ0v) is 9.41. The fraction of sp³-hybridized carbons (Fsp3) is 0.182. The van der Waals surface area contributed by atoms with E-state index in [-0.39, 0.29) is 11.0 Å². The van der Waals surface area contributed by atoms with Crippen LogP contribution in [0.1, 0.15) is 19.4 Å². The zero-order chi connectivity index (χ0) is 11.4. The van der Waals surface area contributed by atoms with E-state index < -0.39 is 7.92 Å². The molecule has 0 spiro atoms. The van der Waals surface area contributed by atoms with Gasteiger partial charge in [-0.1, -0.05) is 12.1 Å². The molecule has 0 bridgehead atoms. The van der Waals surface area contributed by atoms with Crippen LogP contribution in [0.4, 0.5) is 0 Å². The summed E-state index contributed by atoms with van der Waals surface area (Å²) in [6, 6.07) is 8.58. The number of hydrogen-bond acceptors (Lipinski definition) is 3. The van der Waals surface area contributed by atoms with E-state index >= 15 is 0 Å². The second-order valence-corrected chi connectivity index (χ2v) is 5.48. The average molecular weight is 219 g/mol. The van der Waals surface area contributed by atoms with E-state index in [0.717, 1.165) is 0 Å². The minimum absolute atomic E-state index is 0.109. The van der Waals surface area contributed by atoms with Crippen LogP contribution < -0.4 is 5.30 Å². The second kappa shape index (κ2) is 4.82. The number of hydrogen-bond donors (Lipinski definition) is 0. The normalized spacial score (nSPS) is 9.73. The van der Waals surface area contributed by atoms with Gasteiger partial charge in [0.2, 0.25) is 0 Å². The zero-order valence-electron chi connectivity index (χ0n) is 8.52. The van der Waals surface area contributed by atoms with E-state index in [0.29, 0.717) is 10.9 Å². The Morgan fingerprint density at radius 2 is 1.60 bits per heavy atom. The molecule has 0 N–H and O–H groups in total. The van der Waals surface area contributed by atoms with Crippen LogP contribution in [0.3, 0.4) is 0 Å². The van der Waals surface area contributed by atoms with Gasteiger partial charge in [-0.05, 0) is 31.3 Å². The maximum absolute atomic E-state index is 11.3. The van der Waals surface area contributed by atoms with Crippen molar-refractivity contribution in [3.05, 3.63) is 29.8 Å². The van der Waals surface area contributed by atoms with Crippen molar-refractivity contribution >= 4 is 24.3 Å². The number of carbonyl (C=O) groups excluding carboxylic acids is 2. The van der Waals surface area contributed by atoms with E-state index in [1.807, 2.05) is 6.07 Å². The number of nitriles is 1. The highest BCUT2D eigenvalue weighted by Crippen LogP contribution is 2.35. The highest BCUT2D eigenvalue weighted by molar-refractivity contribution is 7.94. The molecule has 0 aliphatic rings. The molecule has 0 atom stereocenters. The lowest BCUT2D eigenvalue weighted by molar-refractivity contribution is -0.112. The van der Waals surface area contributed by atoms with Crippen LogP contribution in [0.5, 0.6) is 0 Å². The average Bonchev–Trinajstić information content (AvgIpc) is 2.18. The predicted octanol–water partition coefficient (Wildman–Crippen LogP) is 1.76. The maximum atomic E-state index is 11.3. The number of nitrogens with zero attached hydrogens (tertiary/aromatic N) is 1. The smallest absolute Gasteiger partial charge is 0.163 e. The van der Waals surface area contributed by atoms with Gasteiger partial charge in [-0.2, -0.15) is 5.26 Å². The van der Waals surface area contributed by atoms with Gasteiger partial charge in [-0.3, -0.25) is 9.59 Å². The van der Waals surface area contributed by atoms with Crippen molar-refractivity contribution < 1.29 is 9.59 Å². The van der Waals surface area contributed by atoms with Crippen molar-refractivity contribution in [2.45, 2.75) is 13.8 Å². The molecular weight excluding hydrogens is 209 g/mol. The van der Waals surface area contributed by atoms with Crippen LogP contribution in [0.15, 0.2) is 24.3 Å². The molecule has 0 unspecified atom stereocenters. The quantitative estimate of drug-likeness (QED) is 0.728. The number of benzene rings is 1. The monoisotopic (exact) mass is 219 g/mol. The van der Waals surface area contributed by atoms with Gasteiger partial charge in [0.1, 0.15) is 0 Å². The Bertz CT molecular complexity index is 417. The van der Waals surface area contributed by atoms with E-state index in [2.05, 4.69) is 0 Å². The van der Waals surface area contributed by atoms with Crippen molar-refractivity contribution in [1.82, 2.24) is 0 Å². The molecule has 1 aromatic carbocycles. The third-order valence-corrected chi connectivity index (χ3v) is 3.96. The van der Waals surface area contributed by atoms with Gasteiger partial charge >= 0.3 is 0 Å². The molecular formula is C11H10NO2P. The minimum Gasteiger partial charge on any atom is -0.294 e. The summed E-state index contributed by atoms with van der Waals surface area (Å²) in [5.41, 5.74) is 0.310. The van der Waals surface area contributed by atoms with Crippen molar-refractivity contribution in [2.24, 2.45) is 0 Å². The van der Waals surface area contributed by atoms with Gasteiger partial charge in [0, 0.05) is 0 Å². The van der Waals surface area contributed by atoms with Crippen molar-refractivity contribution in [3.63, 3.8) is 0 Å². The summed E-state index contributed by atoms with van der Waals surface area (Å²) in [5, 5.41) is 9.32. The van der Waals surface area contributed by atoms with Crippen molar-refractivity contribution in [2.75, 3.05) is 0 Å².